The van der Waals surface area contributed by atoms with Crippen LogP contribution in [0.2, 0.25) is 0 Å². The number of carbonyl (C=O) groups excluding carboxylic acids is 1. The number of aliphatic hydroxyl groups excluding tert-OH is 2. The van der Waals surface area contributed by atoms with Crippen LogP contribution >= 0.6 is 0 Å². The third kappa shape index (κ3) is 4.88. The van der Waals surface area contributed by atoms with E-state index in [9.17, 15) is 9.90 Å². The summed E-state index contributed by atoms with van der Waals surface area (Å²) in [4.78, 5) is 22.0. The summed E-state index contributed by atoms with van der Waals surface area (Å²) in [5, 5.41) is 18.3. The minimum absolute atomic E-state index is 0.275. The van der Waals surface area contributed by atoms with Crippen molar-refractivity contribution in [1.82, 2.24) is 14.9 Å². The molecule has 2 fully saturated rings. The molecule has 0 aromatic carbocycles. The van der Waals surface area contributed by atoms with E-state index in [1.807, 2.05) is 27.7 Å². The molecule has 0 saturated carbocycles. The molecule has 160 valence electrons. The van der Waals surface area contributed by atoms with E-state index in [2.05, 4.69) is 9.97 Å². The lowest BCUT2D eigenvalue weighted by Gasteiger charge is -2.32. The van der Waals surface area contributed by atoms with Crippen LogP contribution in [0.25, 0.3) is 0 Å². The molecule has 0 bridgehead atoms. The van der Waals surface area contributed by atoms with E-state index in [-0.39, 0.29) is 5.92 Å². The molecule has 1 atom stereocenters. The van der Waals surface area contributed by atoms with Gasteiger partial charge in [-0.05, 0) is 46.5 Å². The first kappa shape index (κ1) is 22.0. The van der Waals surface area contributed by atoms with Gasteiger partial charge in [0, 0.05) is 30.9 Å². The molecule has 2 aliphatic rings. The molecular formula is C19H30BN3O6. The number of aromatic nitrogens is 2. The highest BCUT2D eigenvalue weighted by Crippen LogP contribution is 2.36. The predicted octanol–water partition coefficient (Wildman–Crippen LogP) is -0.254. The normalized spacial score (nSPS) is 22.6. The molecule has 0 spiro atoms. The molecule has 3 rings (SSSR count). The van der Waals surface area contributed by atoms with E-state index < -0.39 is 36.9 Å². The largest absolute Gasteiger partial charge is 0.498 e. The third-order valence-electron chi connectivity index (χ3n) is 6.01. The molecule has 29 heavy (non-hydrogen) atoms. The van der Waals surface area contributed by atoms with Gasteiger partial charge in [0.25, 0.3) is 5.91 Å². The van der Waals surface area contributed by atoms with Gasteiger partial charge in [-0.1, -0.05) is 0 Å². The zero-order chi connectivity index (χ0) is 21.2. The van der Waals surface area contributed by atoms with Crippen LogP contribution < -0.4 is 10.2 Å². The fraction of sp³-hybridized carbons (Fsp3) is 0.737. The lowest BCUT2D eigenvalue weighted by molar-refractivity contribution is -0.143. The number of piperidine rings is 1. The molecule has 1 amide bonds. The fourth-order valence-corrected chi connectivity index (χ4v) is 3.30. The number of likely N-dealkylation sites (tertiary alicyclic amines) is 1. The van der Waals surface area contributed by atoms with Crippen LogP contribution in [0, 0.1) is 5.92 Å². The highest BCUT2D eigenvalue weighted by Gasteiger charge is 2.52. The van der Waals surface area contributed by atoms with Gasteiger partial charge in [0.2, 0.25) is 0 Å². The molecule has 2 aliphatic heterocycles. The lowest BCUT2D eigenvalue weighted by atomic mass is 9.81. The van der Waals surface area contributed by atoms with Crippen molar-refractivity contribution >= 4 is 18.5 Å². The van der Waals surface area contributed by atoms with Crippen molar-refractivity contribution in [1.29, 1.82) is 0 Å². The predicted molar refractivity (Wildman–Crippen MR) is 106 cm³/mol. The molecule has 9 nitrogen and oxygen atoms in total. The van der Waals surface area contributed by atoms with Crippen molar-refractivity contribution in [3.63, 3.8) is 0 Å². The van der Waals surface area contributed by atoms with Gasteiger partial charge in [-0.15, -0.1) is 0 Å². The summed E-state index contributed by atoms with van der Waals surface area (Å²) < 4.78 is 17.7. The van der Waals surface area contributed by atoms with E-state index in [1.165, 1.54) is 0 Å². The molecule has 1 aromatic heterocycles. The van der Waals surface area contributed by atoms with Gasteiger partial charge in [0.05, 0.1) is 24.4 Å². The highest BCUT2D eigenvalue weighted by molar-refractivity contribution is 6.61. The first-order valence-electron chi connectivity index (χ1n) is 10.0. The number of amides is 1. The molecule has 2 N–H and O–H groups in total. The first-order chi connectivity index (χ1) is 13.6. The minimum atomic E-state index is -1.33. The average Bonchev–Trinajstić information content (AvgIpc) is 2.93. The average molecular weight is 407 g/mol. The third-order valence-corrected chi connectivity index (χ3v) is 6.01. The summed E-state index contributed by atoms with van der Waals surface area (Å²) in [6, 6.07) is 0.291. The fourth-order valence-electron chi connectivity index (χ4n) is 3.30. The first-order valence-corrected chi connectivity index (χ1v) is 10.0. The Balaban J connectivity index is 1.46. The van der Waals surface area contributed by atoms with Crippen LogP contribution in [0.1, 0.15) is 40.5 Å². The van der Waals surface area contributed by atoms with Crippen LogP contribution in [0.15, 0.2) is 12.4 Å². The molecule has 1 unspecified atom stereocenters. The lowest BCUT2D eigenvalue weighted by Crippen LogP contribution is -2.45. The Bertz CT molecular complexity index is 690. The van der Waals surface area contributed by atoms with E-state index >= 15 is 0 Å². The smallest absolute Gasteiger partial charge is 0.463 e. The van der Waals surface area contributed by atoms with Crippen molar-refractivity contribution in [2.75, 3.05) is 26.3 Å². The topological polar surface area (TPSA) is 114 Å². The Morgan fingerprint density at radius 1 is 1.24 bits per heavy atom. The van der Waals surface area contributed by atoms with Gasteiger partial charge in [0.15, 0.2) is 6.10 Å². The van der Waals surface area contributed by atoms with Gasteiger partial charge in [-0.2, -0.15) is 0 Å². The van der Waals surface area contributed by atoms with Crippen LogP contribution in [0.5, 0.6) is 6.01 Å². The number of hydrogen-bond donors (Lipinski definition) is 2. The molecule has 0 aliphatic carbocycles. The molecule has 3 heterocycles. The zero-order valence-corrected chi connectivity index (χ0v) is 17.5. The Hall–Kier alpha value is -1.75. The van der Waals surface area contributed by atoms with Crippen molar-refractivity contribution < 1.29 is 29.1 Å². The Labute approximate surface area is 171 Å². The summed E-state index contributed by atoms with van der Waals surface area (Å²) in [6.07, 6.45) is 3.49. The summed E-state index contributed by atoms with van der Waals surface area (Å²) in [7, 11) is -0.509. The Morgan fingerprint density at radius 3 is 2.31 bits per heavy atom. The molecule has 10 heteroatoms. The summed E-state index contributed by atoms with van der Waals surface area (Å²) in [6.45, 7) is 8.95. The maximum absolute atomic E-state index is 11.9. The number of carbonyl (C=O) groups is 1. The molecule has 2 saturated heterocycles. The Kier molecular flexibility index (Phi) is 6.47. The number of nitrogens with zero attached hydrogens (tertiary/aromatic N) is 3. The van der Waals surface area contributed by atoms with Crippen LogP contribution in [-0.2, 0) is 14.1 Å². The monoisotopic (exact) mass is 407 g/mol. The molecule has 0 radical (unpaired) electrons. The van der Waals surface area contributed by atoms with Gasteiger partial charge in [0.1, 0.15) is 0 Å². The highest BCUT2D eigenvalue weighted by atomic mass is 16.7. The quantitative estimate of drug-likeness (QED) is 0.621. The summed E-state index contributed by atoms with van der Waals surface area (Å²) in [5.74, 6) is -0.148. The van der Waals surface area contributed by atoms with E-state index in [0.29, 0.717) is 25.7 Å². The number of aliphatic hydroxyl groups is 2. The van der Waals surface area contributed by atoms with Gasteiger partial charge < -0.3 is 29.2 Å². The SMILES string of the molecule is CC1(C)OB(c2cnc(OCC3CCN(C(=O)C(O)CO)CC3)nc2)OC1(C)C. The van der Waals surface area contributed by atoms with Crippen LogP contribution in [0.3, 0.4) is 0 Å². The second-order valence-corrected chi connectivity index (χ2v) is 8.67. The zero-order valence-electron chi connectivity index (χ0n) is 17.5. The molecular weight excluding hydrogens is 377 g/mol. The van der Waals surface area contributed by atoms with Crippen molar-refractivity contribution in [3.05, 3.63) is 12.4 Å². The maximum atomic E-state index is 11.9. The minimum Gasteiger partial charge on any atom is -0.463 e. The number of rotatable bonds is 6. The van der Waals surface area contributed by atoms with Gasteiger partial charge in [-0.3, -0.25) is 4.79 Å². The number of hydrogen-bond acceptors (Lipinski definition) is 8. The standard InChI is InChI=1S/C19H30BN3O6/c1-18(2)19(3,4)29-20(28-18)14-9-21-17(22-10-14)27-12-13-5-7-23(8-6-13)16(26)15(25)11-24/h9-10,13,15,24-25H,5-8,11-12H2,1-4H3. The van der Waals surface area contributed by atoms with E-state index in [4.69, 9.17) is 19.2 Å². The van der Waals surface area contributed by atoms with Gasteiger partial charge in [-0.25, -0.2) is 9.97 Å². The second-order valence-electron chi connectivity index (χ2n) is 8.67. The van der Waals surface area contributed by atoms with Crippen LogP contribution in [0.4, 0.5) is 0 Å². The molecule has 1 aromatic rings. The Morgan fingerprint density at radius 2 is 1.79 bits per heavy atom. The summed E-state index contributed by atoms with van der Waals surface area (Å²) in [5.41, 5.74) is -0.0997. The summed E-state index contributed by atoms with van der Waals surface area (Å²) >= 11 is 0. The van der Waals surface area contributed by atoms with E-state index in [0.717, 1.165) is 18.3 Å². The second kappa shape index (κ2) is 8.55. The van der Waals surface area contributed by atoms with Crippen molar-refractivity contribution in [2.24, 2.45) is 5.92 Å². The number of ether oxygens (including phenoxy) is 1. The van der Waals surface area contributed by atoms with Gasteiger partial charge >= 0.3 is 13.1 Å². The van der Waals surface area contributed by atoms with Crippen molar-refractivity contribution in [3.8, 4) is 6.01 Å². The maximum Gasteiger partial charge on any atom is 0.498 e. The van der Waals surface area contributed by atoms with Crippen LogP contribution in [-0.4, -0.2) is 81.7 Å². The van der Waals surface area contributed by atoms with Crippen molar-refractivity contribution in [2.45, 2.75) is 57.8 Å². The van der Waals surface area contributed by atoms with E-state index in [1.54, 1.807) is 17.3 Å².